The molecule has 1 atom stereocenters. The van der Waals surface area contributed by atoms with Crippen molar-refractivity contribution in [3.05, 3.63) is 76.2 Å². The molecule has 0 saturated heterocycles. The summed E-state index contributed by atoms with van der Waals surface area (Å²) in [6.07, 6.45) is 5.28. The Morgan fingerprint density at radius 3 is 2.77 bits per heavy atom. The highest BCUT2D eigenvalue weighted by Crippen LogP contribution is 2.28. The molecule has 0 spiro atoms. The minimum atomic E-state index is -0.236. The SMILES string of the molecule is Cn1cc(C(=O)Nc2ccc([C@@H]3CCc4nncn4C3)cc2)ccc1=O. The van der Waals surface area contributed by atoms with Gasteiger partial charge in [-0.3, -0.25) is 9.59 Å². The monoisotopic (exact) mass is 349 g/mol. The van der Waals surface area contributed by atoms with Gasteiger partial charge in [0.2, 0.25) is 5.56 Å². The van der Waals surface area contributed by atoms with Crippen molar-refractivity contribution in [2.24, 2.45) is 7.05 Å². The van der Waals surface area contributed by atoms with Gasteiger partial charge in [-0.1, -0.05) is 12.1 Å². The van der Waals surface area contributed by atoms with Gasteiger partial charge in [-0.05, 0) is 30.2 Å². The fourth-order valence-electron chi connectivity index (χ4n) is 3.30. The number of anilines is 1. The molecule has 0 unspecified atom stereocenters. The minimum absolute atomic E-state index is 0.144. The number of carbonyl (C=O) groups excluding carboxylic acids is 1. The van der Waals surface area contributed by atoms with E-state index in [0.29, 0.717) is 11.5 Å². The maximum Gasteiger partial charge on any atom is 0.257 e. The maximum absolute atomic E-state index is 12.3. The Balaban J connectivity index is 1.45. The number of rotatable bonds is 3. The number of nitrogens with one attached hydrogen (secondary N) is 1. The van der Waals surface area contributed by atoms with E-state index in [1.54, 1.807) is 13.4 Å². The van der Waals surface area contributed by atoms with Crippen molar-refractivity contribution in [2.75, 3.05) is 5.32 Å². The summed E-state index contributed by atoms with van der Waals surface area (Å²) >= 11 is 0. The number of aryl methyl sites for hydroxylation is 2. The normalized spacial score (nSPS) is 16.1. The van der Waals surface area contributed by atoms with Crippen molar-refractivity contribution in [2.45, 2.75) is 25.3 Å². The van der Waals surface area contributed by atoms with Crippen LogP contribution in [0.2, 0.25) is 0 Å². The molecule has 0 fully saturated rings. The van der Waals surface area contributed by atoms with Gasteiger partial charge < -0.3 is 14.5 Å². The van der Waals surface area contributed by atoms with Crippen LogP contribution < -0.4 is 10.9 Å². The van der Waals surface area contributed by atoms with Gasteiger partial charge >= 0.3 is 0 Å². The zero-order valence-electron chi connectivity index (χ0n) is 14.4. The molecular weight excluding hydrogens is 330 g/mol. The average Bonchev–Trinajstić information content (AvgIpc) is 3.12. The van der Waals surface area contributed by atoms with Crippen molar-refractivity contribution < 1.29 is 4.79 Å². The molecule has 132 valence electrons. The third-order valence-electron chi connectivity index (χ3n) is 4.82. The first-order chi connectivity index (χ1) is 12.6. The van der Waals surface area contributed by atoms with Crippen LogP contribution in [0.3, 0.4) is 0 Å². The van der Waals surface area contributed by atoms with Crippen molar-refractivity contribution in [3.8, 4) is 0 Å². The summed E-state index contributed by atoms with van der Waals surface area (Å²) < 4.78 is 3.49. The van der Waals surface area contributed by atoms with Crippen LogP contribution in [-0.4, -0.2) is 25.2 Å². The molecule has 1 aromatic carbocycles. The molecule has 1 aliphatic rings. The van der Waals surface area contributed by atoms with Crippen LogP contribution in [0.15, 0.2) is 53.7 Å². The highest BCUT2D eigenvalue weighted by molar-refractivity contribution is 6.04. The van der Waals surface area contributed by atoms with Gasteiger partial charge in [0.15, 0.2) is 0 Å². The van der Waals surface area contributed by atoms with Crippen LogP contribution in [0.1, 0.15) is 34.1 Å². The fraction of sp³-hybridized carbons (Fsp3) is 0.263. The van der Waals surface area contributed by atoms with Gasteiger partial charge in [0.25, 0.3) is 5.91 Å². The summed E-state index contributed by atoms with van der Waals surface area (Å²) in [4.78, 5) is 23.7. The molecule has 1 amide bonds. The first-order valence-electron chi connectivity index (χ1n) is 8.55. The standard InChI is InChI=1S/C19H19N5O2/c1-23-10-15(5-9-18(23)25)19(26)21-16-6-2-13(3-7-16)14-4-8-17-22-20-12-24(17)11-14/h2-3,5-7,9-10,12,14H,4,8,11H2,1H3,(H,21,26)/t14-/m1/s1. The third-order valence-corrected chi connectivity index (χ3v) is 4.82. The number of amides is 1. The van der Waals surface area contributed by atoms with Crippen molar-refractivity contribution >= 4 is 11.6 Å². The van der Waals surface area contributed by atoms with E-state index in [1.807, 2.05) is 12.1 Å². The van der Waals surface area contributed by atoms with Crippen LogP contribution in [0.4, 0.5) is 5.69 Å². The fourth-order valence-corrected chi connectivity index (χ4v) is 3.30. The number of carbonyl (C=O) groups is 1. The van der Waals surface area contributed by atoms with E-state index in [-0.39, 0.29) is 11.5 Å². The Bertz CT molecular complexity index is 1000. The molecule has 0 radical (unpaired) electrons. The van der Waals surface area contributed by atoms with Gasteiger partial charge in [0, 0.05) is 43.9 Å². The van der Waals surface area contributed by atoms with Crippen LogP contribution >= 0.6 is 0 Å². The first kappa shape index (κ1) is 16.3. The van der Waals surface area contributed by atoms with Crippen molar-refractivity contribution in [1.29, 1.82) is 0 Å². The van der Waals surface area contributed by atoms with E-state index in [1.165, 1.54) is 28.5 Å². The smallest absolute Gasteiger partial charge is 0.257 e. The molecule has 7 heteroatoms. The Labute approximate surface area is 150 Å². The number of hydrogen-bond acceptors (Lipinski definition) is 4. The second kappa shape index (κ2) is 6.59. The summed E-state index contributed by atoms with van der Waals surface area (Å²) in [7, 11) is 1.62. The molecule has 4 rings (SSSR count). The highest BCUT2D eigenvalue weighted by atomic mass is 16.2. The zero-order chi connectivity index (χ0) is 18.1. The summed E-state index contributed by atoms with van der Waals surface area (Å²) in [5, 5.41) is 10.9. The highest BCUT2D eigenvalue weighted by Gasteiger charge is 2.20. The van der Waals surface area contributed by atoms with Crippen molar-refractivity contribution in [3.63, 3.8) is 0 Å². The minimum Gasteiger partial charge on any atom is -0.322 e. The molecule has 0 aliphatic carbocycles. The van der Waals surface area contributed by atoms with Crippen LogP contribution in [-0.2, 0) is 20.0 Å². The first-order valence-corrected chi connectivity index (χ1v) is 8.55. The molecule has 1 N–H and O–H groups in total. The van der Waals surface area contributed by atoms with Gasteiger partial charge in [-0.25, -0.2) is 0 Å². The molecule has 1 aliphatic heterocycles. The number of hydrogen-bond donors (Lipinski definition) is 1. The number of benzene rings is 1. The van der Waals surface area contributed by atoms with E-state index in [2.05, 4.69) is 32.2 Å². The zero-order valence-corrected chi connectivity index (χ0v) is 14.4. The van der Waals surface area contributed by atoms with Gasteiger partial charge in [-0.2, -0.15) is 0 Å². The molecule has 3 aromatic rings. The second-order valence-electron chi connectivity index (χ2n) is 6.58. The van der Waals surface area contributed by atoms with Crippen LogP contribution in [0.25, 0.3) is 0 Å². The third kappa shape index (κ3) is 3.15. The quantitative estimate of drug-likeness (QED) is 0.784. The summed E-state index contributed by atoms with van der Waals surface area (Å²) in [5.41, 5.74) is 2.27. The van der Waals surface area contributed by atoms with Gasteiger partial charge in [-0.15, -0.1) is 10.2 Å². The van der Waals surface area contributed by atoms with Gasteiger partial charge in [0.05, 0.1) is 5.56 Å². The summed E-state index contributed by atoms with van der Waals surface area (Å²) in [6.45, 7) is 0.881. The molecule has 7 nitrogen and oxygen atoms in total. The summed E-state index contributed by atoms with van der Waals surface area (Å²) in [6, 6.07) is 10.9. The Morgan fingerprint density at radius 2 is 2.00 bits per heavy atom. The van der Waals surface area contributed by atoms with Crippen LogP contribution in [0, 0.1) is 0 Å². The Morgan fingerprint density at radius 1 is 1.19 bits per heavy atom. The van der Waals surface area contributed by atoms with Gasteiger partial charge in [0.1, 0.15) is 12.2 Å². The molecule has 26 heavy (non-hydrogen) atoms. The maximum atomic E-state index is 12.3. The molecule has 2 aromatic heterocycles. The summed E-state index contributed by atoms with van der Waals surface area (Å²) in [5.74, 6) is 1.23. The molecule has 0 bridgehead atoms. The predicted octanol–water partition coefficient (Wildman–Crippen LogP) is 1.96. The second-order valence-corrected chi connectivity index (χ2v) is 6.58. The lowest BCUT2D eigenvalue weighted by molar-refractivity contribution is 0.102. The van der Waals surface area contributed by atoms with E-state index >= 15 is 0 Å². The molecule has 3 heterocycles. The lowest BCUT2D eigenvalue weighted by Crippen LogP contribution is -2.20. The van der Waals surface area contributed by atoms with Crippen LogP contribution in [0.5, 0.6) is 0 Å². The number of aromatic nitrogens is 4. The Hall–Kier alpha value is -3.22. The molecular formula is C19H19N5O2. The number of fused-ring (bicyclic) bond motifs is 1. The Kier molecular flexibility index (Phi) is 4.12. The molecule has 0 saturated carbocycles. The lowest BCUT2D eigenvalue weighted by Gasteiger charge is -2.23. The van der Waals surface area contributed by atoms with E-state index in [4.69, 9.17) is 0 Å². The van der Waals surface area contributed by atoms with E-state index in [9.17, 15) is 9.59 Å². The van der Waals surface area contributed by atoms with E-state index < -0.39 is 0 Å². The number of nitrogens with zero attached hydrogens (tertiary/aromatic N) is 4. The predicted molar refractivity (Wildman–Crippen MR) is 97.2 cm³/mol. The van der Waals surface area contributed by atoms with E-state index in [0.717, 1.165) is 30.9 Å². The lowest BCUT2D eigenvalue weighted by atomic mass is 9.91. The average molecular weight is 349 g/mol. The number of pyridine rings is 1. The topological polar surface area (TPSA) is 81.8 Å². The van der Waals surface area contributed by atoms with Crippen molar-refractivity contribution in [1.82, 2.24) is 19.3 Å². The largest absolute Gasteiger partial charge is 0.322 e.